The molecule has 1 saturated carbocycles. The van der Waals surface area contributed by atoms with Crippen molar-refractivity contribution in [1.29, 1.82) is 0 Å². The van der Waals surface area contributed by atoms with Gasteiger partial charge in [-0.25, -0.2) is 4.98 Å². The third-order valence-corrected chi connectivity index (χ3v) is 5.20. The van der Waals surface area contributed by atoms with Gasteiger partial charge in [0, 0.05) is 18.0 Å². The standard InChI is InChI=1S/C14H23N3S/c1-3-9-15-11-5-4-6-12-13(11)16-14(18-12)17(2)10-7-8-10/h10-11,15H,3-9H2,1-2H3. The van der Waals surface area contributed by atoms with E-state index >= 15 is 0 Å². The second kappa shape index (κ2) is 5.17. The molecule has 100 valence electrons. The molecule has 1 fully saturated rings. The van der Waals surface area contributed by atoms with Crippen LogP contribution in [-0.2, 0) is 6.42 Å². The molecule has 1 atom stereocenters. The maximum Gasteiger partial charge on any atom is 0.185 e. The Hall–Kier alpha value is -0.610. The summed E-state index contributed by atoms with van der Waals surface area (Å²) in [5, 5.41) is 4.89. The van der Waals surface area contributed by atoms with E-state index in [1.807, 2.05) is 11.3 Å². The van der Waals surface area contributed by atoms with Crippen LogP contribution in [0.25, 0.3) is 0 Å². The smallest absolute Gasteiger partial charge is 0.185 e. The summed E-state index contributed by atoms with van der Waals surface area (Å²) in [6.07, 6.45) is 7.68. The number of aryl methyl sites for hydroxylation is 1. The number of aromatic nitrogens is 1. The van der Waals surface area contributed by atoms with Crippen molar-refractivity contribution in [2.24, 2.45) is 0 Å². The van der Waals surface area contributed by atoms with E-state index in [1.54, 1.807) is 0 Å². The van der Waals surface area contributed by atoms with Crippen LogP contribution in [0, 0.1) is 0 Å². The first kappa shape index (κ1) is 12.4. The summed E-state index contributed by atoms with van der Waals surface area (Å²) in [7, 11) is 2.20. The lowest BCUT2D eigenvalue weighted by molar-refractivity contribution is 0.454. The van der Waals surface area contributed by atoms with Crippen LogP contribution in [0.5, 0.6) is 0 Å². The third-order valence-electron chi connectivity index (χ3n) is 3.98. The van der Waals surface area contributed by atoms with Crippen molar-refractivity contribution in [2.75, 3.05) is 18.5 Å². The summed E-state index contributed by atoms with van der Waals surface area (Å²) in [5.74, 6) is 0. The minimum atomic E-state index is 0.506. The van der Waals surface area contributed by atoms with Gasteiger partial charge in [-0.2, -0.15) is 0 Å². The molecule has 0 amide bonds. The lowest BCUT2D eigenvalue weighted by atomic mass is 9.97. The average Bonchev–Trinajstić information content (AvgIpc) is 3.14. The lowest BCUT2D eigenvalue weighted by Crippen LogP contribution is -2.26. The minimum absolute atomic E-state index is 0.506. The van der Waals surface area contributed by atoms with E-state index in [2.05, 4.69) is 24.2 Å². The van der Waals surface area contributed by atoms with Gasteiger partial charge in [-0.05, 0) is 45.1 Å². The molecule has 1 unspecified atom stereocenters. The number of anilines is 1. The molecule has 1 aromatic heterocycles. The van der Waals surface area contributed by atoms with Crippen molar-refractivity contribution >= 4 is 16.5 Å². The number of fused-ring (bicyclic) bond motifs is 1. The van der Waals surface area contributed by atoms with Crippen molar-refractivity contribution in [1.82, 2.24) is 10.3 Å². The van der Waals surface area contributed by atoms with Gasteiger partial charge in [-0.3, -0.25) is 0 Å². The summed E-state index contributed by atoms with van der Waals surface area (Å²) in [6, 6.07) is 1.27. The fourth-order valence-electron chi connectivity index (χ4n) is 2.69. The number of thiazole rings is 1. The van der Waals surface area contributed by atoms with Crippen LogP contribution in [0.3, 0.4) is 0 Å². The van der Waals surface area contributed by atoms with Gasteiger partial charge in [0.05, 0.1) is 11.7 Å². The highest BCUT2D eigenvalue weighted by molar-refractivity contribution is 7.15. The molecule has 0 spiro atoms. The second-order valence-corrected chi connectivity index (χ2v) is 6.61. The molecule has 1 aromatic rings. The van der Waals surface area contributed by atoms with Gasteiger partial charge in [0.2, 0.25) is 0 Å². The van der Waals surface area contributed by atoms with Gasteiger partial charge in [0.15, 0.2) is 5.13 Å². The first-order valence-corrected chi connectivity index (χ1v) is 8.07. The SMILES string of the molecule is CCCNC1CCCc2sc(N(C)C3CC3)nc21. The molecular weight excluding hydrogens is 242 g/mol. The molecule has 0 aliphatic heterocycles. The molecular formula is C14H23N3S. The molecule has 0 aromatic carbocycles. The highest BCUT2D eigenvalue weighted by Gasteiger charge is 2.31. The number of nitrogens with zero attached hydrogens (tertiary/aromatic N) is 2. The van der Waals surface area contributed by atoms with Gasteiger partial charge >= 0.3 is 0 Å². The van der Waals surface area contributed by atoms with Crippen molar-refractivity contribution in [3.63, 3.8) is 0 Å². The van der Waals surface area contributed by atoms with Crippen LogP contribution in [0.2, 0.25) is 0 Å². The molecule has 2 aliphatic carbocycles. The molecule has 1 N–H and O–H groups in total. The molecule has 0 saturated heterocycles. The summed E-state index contributed by atoms with van der Waals surface area (Å²) >= 11 is 1.92. The topological polar surface area (TPSA) is 28.2 Å². The van der Waals surface area contributed by atoms with E-state index in [-0.39, 0.29) is 0 Å². The van der Waals surface area contributed by atoms with Gasteiger partial charge < -0.3 is 10.2 Å². The largest absolute Gasteiger partial charge is 0.348 e. The molecule has 18 heavy (non-hydrogen) atoms. The van der Waals surface area contributed by atoms with Crippen molar-refractivity contribution < 1.29 is 0 Å². The maximum absolute atomic E-state index is 4.93. The molecule has 0 radical (unpaired) electrons. The quantitative estimate of drug-likeness (QED) is 0.886. The summed E-state index contributed by atoms with van der Waals surface area (Å²) < 4.78 is 0. The van der Waals surface area contributed by atoms with Crippen LogP contribution in [0.15, 0.2) is 0 Å². The van der Waals surface area contributed by atoms with E-state index in [0.717, 1.165) is 12.6 Å². The Balaban J connectivity index is 1.78. The number of hydrogen-bond donors (Lipinski definition) is 1. The van der Waals surface area contributed by atoms with Gasteiger partial charge in [-0.1, -0.05) is 6.92 Å². The van der Waals surface area contributed by atoms with Crippen LogP contribution in [0.4, 0.5) is 5.13 Å². The van der Waals surface area contributed by atoms with Crippen molar-refractivity contribution in [3.8, 4) is 0 Å². The fraction of sp³-hybridized carbons (Fsp3) is 0.786. The second-order valence-electron chi connectivity index (χ2n) is 5.55. The van der Waals surface area contributed by atoms with Crippen LogP contribution >= 0.6 is 11.3 Å². The zero-order valence-electron chi connectivity index (χ0n) is 11.4. The monoisotopic (exact) mass is 265 g/mol. The van der Waals surface area contributed by atoms with Crippen molar-refractivity contribution in [3.05, 3.63) is 10.6 Å². The molecule has 2 aliphatic rings. The summed E-state index contributed by atoms with van der Waals surface area (Å²) in [6.45, 7) is 3.33. The van der Waals surface area contributed by atoms with Gasteiger partial charge in [0.1, 0.15) is 0 Å². The molecule has 1 heterocycles. The molecule has 4 heteroatoms. The molecule has 3 nitrogen and oxygen atoms in total. The van der Waals surface area contributed by atoms with E-state index in [9.17, 15) is 0 Å². The van der Waals surface area contributed by atoms with Gasteiger partial charge in [0.25, 0.3) is 0 Å². The average molecular weight is 265 g/mol. The van der Waals surface area contributed by atoms with E-state index in [1.165, 1.54) is 54.2 Å². The molecule has 0 bridgehead atoms. The van der Waals surface area contributed by atoms with E-state index in [0.29, 0.717) is 6.04 Å². The van der Waals surface area contributed by atoms with Crippen LogP contribution in [0.1, 0.15) is 55.6 Å². The Morgan fingerprint density at radius 3 is 2.94 bits per heavy atom. The lowest BCUT2D eigenvalue weighted by Gasteiger charge is -2.22. The highest BCUT2D eigenvalue weighted by atomic mass is 32.1. The normalized spacial score (nSPS) is 22.9. The summed E-state index contributed by atoms with van der Waals surface area (Å²) in [5.41, 5.74) is 1.35. The van der Waals surface area contributed by atoms with Gasteiger partial charge in [-0.15, -0.1) is 11.3 Å². The predicted molar refractivity (Wildman–Crippen MR) is 77.5 cm³/mol. The third kappa shape index (κ3) is 2.41. The Kier molecular flexibility index (Phi) is 3.57. The number of rotatable bonds is 5. The Morgan fingerprint density at radius 2 is 2.22 bits per heavy atom. The van der Waals surface area contributed by atoms with Crippen LogP contribution < -0.4 is 10.2 Å². The fourth-order valence-corrected chi connectivity index (χ4v) is 3.89. The van der Waals surface area contributed by atoms with E-state index in [4.69, 9.17) is 4.98 Å². The molecule has 3 rings (SSSR count). The summed E-state index contributed by atoms with van der Waals surface area (Å²) in [4.78, 5) is 8.84. The zero-order valence-corrected chi connectivity index (χ0v) is 12.2. The Bertz CT molecular complexity index is 411. The van der Waals surface area contributed by atoms with E-state index < -0.39 is 0 Å². The first-order valence-electron chi connectivity index (χ1n) is 7.25. The first-order chi connectivity index (χ1) is 8.79. The van der Waals surface area contributed by atoms with Crippen molar-refractivity contribution in [2.45, 2.75) is 57.5 Å². The Morgan fingerprint density at radius 1 is 1.39 bits per heavy atom. The highest BCUT2D eigenvalue weighted by Crippen LogP contribution is 2.39. The van der Waals surface area contributed by atoms with Crippen LogP contribution in [-0.4, -0.2) is 24.6 Å². The number of nitrogens with one attached hydrogen (secondary N) is 1. The Labute approximate surface area is 114 Å². The maximum atomic E-state index is 4.93. The minimum Gasteiger partial charge on any atom is -0.348 e. The predicted octanol–water partition coefficient (Wildman–Crippen LogP) is 3.12. The zero-order chi connectivity index (χ0) is 12.5. The number of hydrogen-bond acceptors (Lipinski definition) is 4.